The third-order valence-corrected chi connectivity index (χ3v) is 12.6. The van der Waals surface area contributed by atoms with Crippen molar-refractivity contribution in [1.82, 2.24) is 5.32 Å². The molecule has 0 aromatic rings. The summed E-state index contributed by atoms with van der Waals surface area (Å²) < 4.78 is 5.47. The van der Waals surface area contributed by atoms with E-state index >= 15 is 0 Å². The maximum Gasteiger partial charge on any atom is 0.305 e. The van der Waals surface area contributed by atoms with E-state index in [1.807, 2.05) is 6.08 Å². The number of allylic oxidation sites excluding steroid dienone is 5. The predicted molar refractivity (Wildman–Crippen MR) is 273 cm³/mol. The topological polar surface area (TPSA) is 95.9 Å². The summed E-state index contributed by atoms with van der Waals surface area (Å²) in [5, 5.41) is 23.0. The fraction of sp³-hybridized carbons (Fsp3) is 0.860. The van der Waals surface area contributed by atoms with E-state index in [0.717, 1.165) is 51.4 Å². The molecule has 0 bridgehead atoms. The fourth-order valence-electron chi connectivity index (χ4n) is 8.33. The zero-order chi connectivity index (χ0) is 45.8. The molecule has 0 saturated carbocycles. The minimum atomic E-state index is -0.849. The van der Waals surface area contributed by atoms with Crippen LogP contribution in [0.4, 0.5) is 0 Å². The molecule has 370 valence electrons. The lowest BCUT2D eigenvalue weighted by Gasteiger charge is -2.20. The summed E-state index contributed by atoms with van der Waals surface area (Å²) in [5.74, 6) is -0.0842. The predicted octanol–water partition coefficient (Wildman–Crippen LogP) is 16.9. The van der Waals surface area contributed by atoms with Gasteiger partial charge in [-0.15, -0.1) is 0 Å². The minimum Gasteiger partial charge on any atom is -0.466 e. The van der Waals surface area contributed by atoms with E-state index in [4.69, 9.17) is 4.74 Å². The van der Waals surface area contributed by atoms with Gasteiger partial charge in [-0.1, -0.05) is 230 Å². The summed E-state index contributed by atoms with van der Waals surface area (Å²) in [4.78, 5) is 24.4. The number of hydrogen-bond donors (Lipinski definition) is 3. The van der Waals surface area contributed by atoms with Gasteiger partial charge in [-0.05, 0) is 83.5 Å². The number of carbonyl (C=O) groups is 2. The third kappa shape index (κ3) is 49.4. The van der Waals surface area contributed by atoms with Gasteiger partial charge < -0.3 is 20.3 Å². The van der Waals surface area contributed by atoms with E-state index in [0.29, 0.717) is 19.4 Å². The molecule has 3 N–H and O–H groups in total. The van der Waals surface area contributed by atoms with Crippen molar-refractivity contribution in [2.75, 3.05) is 13.2 Å². The zero-order valence-corrected chi connectivity index (χ0v) is 42.1. The number of carbonyl (C=O) groups excluding carboxylic acids is 2. The van der Waals surface area contributed by atoms with Crippen LogP contribution in [-0.4, -0.2) is 47.4 Å². The van der Waals surface area contributed by atoms with Gasteiger partial charge in [0, 0.05) is 12.8 Å². The second-order valence-corrected chi connectivity index (χ2v) is 18.9. The number of ether oxygens (including phenoxy) is 1. The molecule has 0 rings (SSSR count). The largest absolute Gasteiger partial charge is 0.466 e. The van der Waals surface area contributed by atoms with Gasteiger partial charge in [-0.3, -0.25) is 9.59 Å². The van der Waals surface area contributed by atoms with Crippen LogP contribution in [0.15, 0.2) is 36.5 Å². The molecule has 0 aliphatic heterocycles. The molecule has 0 aliphatic rings. The highest BCUT2D eigenvalue weighted by atomic mass is 16.5. The number of amides is 1. The van der Waals surface area contributed by atoms with Crippen LogP contribution < -0.4 is 5.32 Å². The maximum atomic E-state index is 12.4. The number of unbranched alkanes of at least 4 members (excludes halogenated alkanes) is 36. The Balaban J connectivity index is 3.45. The molecule has 6 heteroatoms. The van der Waals surface area contributed by atoms with Gasteiger partial charge in [0.15, 0.2) is 0 Å². The molecular weight excluding hydrogens is 779 g/mol. The average molecular weight is 886 g/mol. The van der Waals surface area contributed by atoms with Gasteiger partial charge >= 0.3 is 5.97 Å². The highest BCUT2D eigenvalue weighted by Gasteiger charge is 2.18. The average Bonchev–Trinajstić information content (AvgIpc) is 3.28. The van der Waals surface area contributed by atoms with Gasteiger partial charge in [0.2, 0.25) is 5.91 Å². The van der Waals surface area contributed by atoms with E-state index in [1.165, 1.54) is 212 Å². The van der Waals surface area contributed by atoms with Crippen LogP contribution in [0.3, 0.4) is 0 Å². The first-order valence-electron chi connectivity index (χ1n) is 27.8. The molecule has 0 saturated heterocycles. The van der Waals surface area contributed by atoms with Gasteiger partial charge in [0.05, 0.1) is 25.4 Å². The summed E-state index contributed by atoms with van der Waals surface area (Å²) in [6.07, 6.45) is 64.5. The molecule has 0 aliphatic carbocycles. The van der Waals surface area contributed by atoms with Crippen molar-refractivity contribution in [2.24, 2.45) is 0 Å². The Bertz CT molecular complexity index is 1020. The number of nitrogens with one attached hydrogen (secondary N) is 1. The number of aliphatic hydroxyl groups excluding tert-OH is 2. The lowest BCUT2D eigenvalue weighted by Crippen LogP contribution is -2.45. The van der Waals surface area contributed by atoms with Crippen molar-refractivity contribution in [2.45, 2.75) is 302 Å². The fourth-order valence-corrected chi connectivity index (χ4v) is 8.33. The molecule has 6 nitrogen and oxygen atoms in total. The Morgan fingerprint density at radius 3 is 1.13 bits per heavy atom. The van der Waals surface area contributed by atoms with Crippen molar-refractivity contribution >= 4 is 11.9 Å². The molecule has 1 amide bonds. The van der Waals surface area contributed by atoms with Gasteiger partial charge in [0.25, 0.3) is 0 Å². The van der Waals surface area contributed by atoms with Crippen LogP contribution in [0, 0.1) is 0 Å². The second-order valence-electron chi connectivity index (χ2n) is 18.9. The zero-order valence-electron chi connectivity index (χ0n) is 42.1. The molecule has 0 aromatic heterocycles. The maximum absolute atomic E-state index is 12.4. The number of rotatable bonds is 51. The second kappa shape index (κ2) is 52.7. The van der Waals surface area contributed by atoms with Crippen LogP contribution in [0.25, 0.3) is 0 Å². The molecule has 2 atom stereocenters. The highest BCUT2D eigenvalue weighted by Crippen LogP contribution is 2.15. The Hall–Kier alpha value is -1.92. The van der Waals surface area contributed by atoms with E-state index in [-0.39, 0.29) is 18.5 Å². The van der Waals surface area contributed by atoms with Crippen LogP contribution in [0.5, 0.6) is 0 Å². The molecule has 0 fully saturated rings. The number of aliphatic hydroxyl groups is 2. The first kappa shape index (κ1) is 61.1. The Morgan fingerprint density at radius 2 is 0.746 bits per heavy atom. The van der Waals surface area contributed by atoms with Gasteiger partial charge in [-0.2, -0.15) is 0 Å². The number of esters is 1. The summed E-state index contributed by atoms with van der Waals surface area (Å²) in [5.41, 5.74) is 0. The van der Waals surface area contributed by atoms with E-state index in [1.54, 1.807) is 6.08 Å². The Kier molecular flexibility index (Phi) is 51.1. The van der Waals surface area contributed by atoms with Gasteiger partial charge in [-0.25, -0.2) is 0 Å². The first-order chi connectivity index (χ1) is 31.0. The highest BCUT2D eigenvalue weighted by molar-refractivity contribution is 5.76. The monoisotopic (exact) mass is 886 g/mol. The first-order valence-corrected chi connectivity index (χ1v) is 27.8. The third-order valence-electron chi connectivity index (χ3n) is 12.6. The molecule has 2 unspecified atom stereocenters. The van der Waals surface area contributed by atoms with Crippen molar-refractivity contribution in [3.8, 4) is 0 Å². The van der Waals surface area contributed by atoms with E-state index in [2.05, 4.69) is 43.5 Å². The smallest absolute Gasteiger partial charge is 0.305 e. The van der Waals surface area contributed by atoms with E-state index < -0.39 is 12.1 Å². The van der Waals surface area contributed by atoms with Crippen LogP contribution in [-0.2, 0) is 14.3 Å². The lowest BCUT2D eigenvalue weighted by molar-refractivity contribution is -0.143. The quantitative estimate of drug-likeness (QED) is 0.0321. The minimum absolute atomic E-state index is 0.00473. The SMILES string of the molecule is CCCCCCCCC/C=C\CCCCCCCC(=O)OCCCCCCCCCC/C=C\CCCCCCCCCC(=O)NC(CO)C(O)/C=C/CCCCCCCCCCC. The number of hydrogen-bond acceptors (Lipinski definition) is 5. The standard InChI is InChI=1S/C57H107NO5/c1-3-5-7-9-11-13-15-16-17-24-27-31-35-39-43-47-51-57(62)63-52-48-44-40-36-32-28-25-22-20-18-19-21-23-26-30-34-38-42-46-50-56(61)58-54(53-59)55(60)49-45-41-37-33-29-14-12-10-8-6-4-2/h17-19,24,45,49,54-55,59-60H,3-16,20-23,25-44,46-48,50-53H2,1-2H3,(H,58,61)/b19-18-,24-17-,49-45+. The van der Waals surface area contributed by atoms with Crippen molar-refractivity contribution < 1.29 is 24.5 Å². The van der Waals surface area contributed by atoms with Crippen LogP contribution in [0.2, 0.25) is 0 Å². The molecule has 0 aromatic carbocycles. The Labute approximate surface area is 392 Å². The van der Waals surface area contributed by atoms with Crippen molar-refractivity contribution in [1.29, 1.82) is 0 Å². The van der Waals surface area contributed by atoms with Crippen molar-refractivity contribution in [3.05, 3.63) is 36.5 Å². The summed E-state index contributed by atoms with van der Waals surface area (Å²) >= 11 is 0. The molecule has 0 heterocycles. The van der Waals surface area contributed by atoms with Crippen molar-refractivity contribution in [3.63, 3.8) is 0 Å². The molecule has 63 heavy (non-hydrogen) atoms. The van der Waals surface area contributed by atoms with Crippen LogP contribution in [0.1, 0.15) is 290 Å². The van der Waals surface area contributed by atoms with E-state index in [9.17, 15) is 19.8 Å². The summed E-state index contributed by atoms with van der Waals surface area (Å²) in [6.45, 7) is 4.87. The molecular formula is C57H107NO5. The Morgan fingerprint density at radius 1 is 0.429 bits per heavy atom. The lowest BCUT2D eigenvalue weighted by atomic mass is 10.1. The normalized spacial score (nSPS) is 12.9. The van der Waals surface area contributed by atoms with Gasteiger partial charge in [0.1, 0.15) is 0 Å². The molecule has 0 radical (unpaired) electrons. The summed E-state index contributed by atoms with van der Waals surface area (Å²) in [7, 11) is 0. The summed E-state index contributed by atoms with van der Waals surface area (Å²) in [6, 6.07) is -0.634. The van der Waals surface area contributed by atoms with Crippen LogP contribution >= 0.6 is 0 Å². The molecule has 0 spiro atoms.